The molecule has 1 saturated heterocycles. The molecule has 138 valence electrons. The predicted molar refractivity (Wildman–Crippen MR) is 94.3 cm³/mol. The van der Waals surface area contributed by atoms with Gasteiger partial charge < -0.3 is 19.5 Å². The topological polar surface area (TPSA) is 80.5 Å². The van der Waals surface area contributed by atoms with Gasteiger partial charge in [-0.15, -0.1) is 0 Å². The van der Waals surface area contributed by atoms with Crippen molar-refractivity contribution in [3.63, 3.8) is 0 Å². The minimum atomic E-state index is -0.0155. The summed E-state index contributed by atoms with van der Waals surface area (Å²) in [6.45, 7) is 2.30. The molecule has 0 spiro atoms. The van der Waals surface area contributed by atoms with Gasteiger partial charge in [0.25, 0.3) is 5.89 Å². The van der Waals surface area contributed by atoms with Gasteiger partial charge in [-0.25, -0.2) is 4.79 Å². The Hall–Kier alpha value is -2.41. The zero-order valence-electron chi connectivity index (χ0n) is 14.8. The summed E-state index contributed by atoms with van der Waals surface area (Å²) >= 11 is 0. The number of piperidine rings is 1. The zero-order valence-corrected chi connectivity index (χ0v) is 14.8. The third kappa shape index (κ3) is 4.40. The van der Waals surface area contributed by atoms with E-state index < -0.39 is 0 Å². The van der Waals surface area contributed by atoms with Gasteiger partial charge in [0.2, 0.25) is 0 Å². The number of hydrogen-bond acceptors (Lipinski definition) is 5. The van der Waals surface area contributed by atoms with Crippen molar-refractivity contribution in [1.29, 1.82) is 0 Å². The van der Waals surface area contributed by atoms with Crippen LogP contribution in [-0.4, -0.2) is 40.3 Å². The summed E-state index contributed by atoms with van der Waals surface area (Å²) in [6.07, 6.45) is 4.09. The predicted octanol–water partition coefficient (Wildman–Crippen LogP) is 2.84. The Morgan fingerprint density at radius 3 is 2.69 bits per heavy atom. The Morgan fingerprint density at radius 2 is 1.96 bits per heavy atom. The number of benzene rings is 1. The van der Waals surface area contributed by atoms with Crippen LogP contribution in [0.25, 0.3) is 0 Å². The second-order valence-corrected chi connectivity index (χ2v) is 6.96. The summed E-state index contributed by atoms with van der Waals surface area (Å²) in [7, 11) is 0. The summed E-state index contributed by atoms with van der Waals surface area (Å²) in [5.74, 6) is 1.86. The van der Waals surface area contributed by atoms with Crippen LogP contribution in [0.3, 0.4) is 0 Å². The number of likely N-dealkylation sites (tertiary alicyclic amines) is 1. The van der Waals surface area contributed by atoms with Crippen LogP contribution in [0, 0.1) is 0 Å². The first-order valence-corrected chi connectivity index (χ1v) is 9.29. The lowest BCUT2D eigenvalue weighted by Gasteiger charge is -2.31. The maximum Gasteiger partial charge on any atom is 0.317 e. The lowest BCUT2D eigenvalue weighted by atomic mass is 10.1. The quantitative estimate of drug-likeness (QED) is 0.861. The van der Waals surface area contributed by atoms with Crippen molar-refractivity contribution in [3.05, 3.63) is 47.6 Å². The fourth-order valence-electron chi connectivity index (χ4n) is 3.13. The molecule has 26 heavy (non-hydrogen) atoms. The molecule has 1 N–H and O–H groups in total. The number of carbonyl (C=O) groups is 1. The Labute approximate surface area is 152 Å². The standard InChI is InChI=1S/C19H24N4O3/c24-19(20-12-14-4-2-1-3-5-14)23-10-8-16(9-11-23)25-13-17-21-18(22-26-17)15-6-7-15/h1-5,15-16H,6-13H2,(H,20,24). The van der Waals surface area contributed by atoms with E-state index in [1.807, 2.05) is 35.2 Å². The van der Waals surface area contributed by atoms with Crippen molar-refractivity contribution >= 4 is 6.03 Å². The highest BCUT2D eigenvalue weighted by Crippen LogP contribution is 2.38. The number of ether oxygens (including phenoxy) is 1. The molecule has 1 aliphatic heterocycles. The molecular weight excluding hydrogens is 332 g/mol. The molecule has 7 nitrogen and oxygen atoms in total. The van der Waals surface area contributed by atoms with Crippen molar-refractivity contribution in [3.8, 4) is 0 Å². The molecule has 7 heteroatoms. The van der Waals surface area contributed by atoms with E-state index in [0.29, 0.717) is 38.0 Å². The SMILES string of the molecule is O=C(NCc1ccccc1)N1CCC(OCc2nc(C3CC3)no2)CC1. The normalized spacial score (nSPS) is 18.1. The number of amides is 2. The number of nitrogens with one attached hydrogen (secondary N) is 1. The maximum absolute atomic E-state index is 12.3. The molecule has 2 aliphatic rings. The summed E-state index contributed by atoms with van der Waals surface area (Å²) in [4.78, 5) is 18.5. The molecule has 1 aromatic carbocycles. The van der Waals surface area contributed by atoms with E-state index in [0.717, 1.165) is 37.1 Å². The molecule has 0 radical (unpaired) electrons. The van der Waals surface area contributed by atoms with Crippen LogP contribution >= 0.6 is 0 Å². The molecule has 1 aliphatic carbocycles. The van der Waals surface area contributed by atoms with Gasteiger partial charge in [-0.2, -0.15) is 4.98 Å². The van der Waals surface area contributed by atoms with Gasteiger partial charge in [-0.05, 0) is 31.2 Å². The van der Waals surface area contributed by atoms with Crippen LogP contribution in [0.5, 0.6) is 0 Å². The van der Waals surface area contributed by atoms with Crippen molar-refractivity contribution in [2.24, 2.45) is 0 Å². The van der Waals surface area contributed by atoms with Crippen LogP contribution in [0.1, 0.15) is 48.9 Å². The van der Waals surface area contributed by atoms with Crippen molar-refractivity contribution < 1.29 is 14.1 Å². The highest BCUT2D eigenvalue weighted by Gasteiger charge is 2.29. The average molecular weight is 356 g/mol. The van der Waals surface area contributed by atoms with Gasteiger partial charge in [-0.3, -0.25) is 0 Å². The third-order valence-corrected chi connectivity index (χ3v) is 4.88. The Kier molecular flexibility index (Phi) is 5.15. The molecule has 0 unspecified atom stereocenters. The molecular formula is C19H24N4O3. The van der Waals surface area contributed by atoms with Crippen LogP contribution in [0.15, 0.2) is 34.9 Å². The second-order valence-electron chi connectivity index (χ2n) is 6.96. The summed E-state index contributed by atoms with van der Waals surface area (Å²) < 4.78 is 11.1. The second kappa shape index (κ2) is 7.86. The Bertz CT molecular complexity index is 721. The number of rotatable bonds is 6. The van der Waals surface area contributed by atoms with Gasteiger partial charge in [0.1, 0.15) is 6.61 Å². The number of hydrogen-bond donors (Lipinski definition) is 1. The monoisotopic (exact) mass is 356 g/mol. The molecule has 2 fully saturated rings. The minimum Gasteiger partial charge on any atom is -0.368 e. The number of urea groups is 1. The van der Waals surface area contributed by atoms with E-state index in [1.54, 1.807) is 0 Å². The van der Waals surface area contributed by atoms with Gasteiger partial charge >= 0.3 is 6.03 Å². The molecule has 4 rings (SSSR count). The number of aromatic nitrogens is 2. The molecule has 0 bridgehead atoms. The van der Waals surface area contributed by atoms with E-state index in [2.05, 4.69) is 15.5 Å². The van der Waals surface area contributed by atoms with Crippen LogP contribution in [0.4, 0.5) is 4.79 Å². The summed E-state index contributed by atoms with van der Waals surface area (Å²) in [6, 6.07) is 9.91. The first-order valence-electron chi connectivity index (χ1n) is 9.29. The van der Waals surface area contributed by atoms with Crippen molar-refractivity contribution in [2.75, 3.05) is 13.1 Å². The average Bonchev–Trinajstić information content (AvgIpc) is 3.44. The molecule has 2 aromatic rings. The Balaban J connectivity index is 1.16. The Morgan fingerprint density at radius 1 is 1.19 bits per heavy atom. The maximum atomic E-state index is 12.3. The van der Waals surface area contributed by atoms with E-state index in [1.165, 1.54) is 0 Å². The lowest BCUT2D eigenvalue weighted by Crippen LogP contribution is -2.45. The van der Waals surface area contributed by atoms with Crippen LogP contribution in [0.2, 0.25) is 0 Å². The van der Waals surface area contributed by atoms with Crippen molar-refractivity contribution in [1.82, 2.24) is 20.4 Å². The molecule has 1 saturated carbocycles. The van der Waals surface area contributed by atoms with E-state index in [4.69, 9.17) is 9.26 Å². The smallest absolute Gasteiger partial charge is 0.317 e. The highest BCUT2D eigenvalue weighted by molar-refractivity contribution is 5.74. The largest absolute Gasteiger partial charge is 0.368 e. The highest BCUT2D eigenvalue weighted by atomic mass is 16.5. The fraction of sp³-hybridized carbons (Fsp3) is 0.526. The number of nitrogens with zero attached hydrogens (tertiary/aromatic N) is 3. The molecule has 0 atom stereocenters. The van der Waals surface area contributed by atoms with Gasteiger partial charge in [0.05, 0.1) is 6.10 Å². The van der Waals surface area contributed by atoms with Gasteiger partial charge in [0.15, 0.2) is 5.82 Å². The van der Waals surface area contributed by atoms with Gasteiger partial charge in [-0.1, -0.05) is 35.5 Å². The third-order valence-electron chi connectivity index (χ3n) is 4.88. The van der Waals surface area contributed by atoms with Crippen LogP contribution < -0.4 is 5.32 Å². The van der Waals surface area contributed by atoms with E-state index in [-0.39, 0.29) is 12.1 Å². The molecule has 2 heterocycles. The lowest BCUT2D eigenvalue weighted by molar-refractivity contribution is -0.00613. The summed E-state index contributed by atoms with van der Waals surface area (Å²) in [5.41, 5.74) is 1.10. The first-order chi connectivity index (χ1) is 12.8. The van der Waals surface area contributed by atoms with E-state index >= 15 is 0 Å². The van der Waals surface area contributed by atoms with E-state index in [9.17, 15) is 4.79 Å². The fourth-order valence-corrected chi connectivity index (χ4v) is 3.13. The number of carbonyl (C=O) groups excluding carboxylic acids is 1. The zero-order chi connectivity index (χ0) is 17.8. The minimum absolute atomic E-state index is 0.0155. The summed E-state index contributed by atoms with van der Waals surface area (Å²) in [5, 5.41) is 6.97. The molecule has 1 aromatic heterocycles. The first kappa shape index (κ1) is 17.0. The van der Waals surface area contributed by atoms with Crippen molar-refractivity contribution in [2.45, 2.75) is 50.9 Å². The van der Waals surface area contributed by atoms with Crippen LogP contribution in [-0.2, 0) is 17.9 Å². The van der Waals surface area contributed by atoms with Gasteiger partial charge in [0, 0.05) is 25.6 Å². The molecule has 2 amide bonds.